The third kappa shape index (κ3) is 3.46. The molecule has 0 radical (unpaired) electrons. The lowest BCUT2D eigenvalue weighted by molar-refractivity contribution is 0.303. The maximum Gasteiger partial charge on any atom is -0.00736 e. The lowest BCUT2D eigenvalue weighted by Crippen LogP contribution is -2.22. The van der Waals surface area contributed by atoms with Crippen LogP contribution in [-0.4, -0.2) is 0 Å². The van der Waals surface area contributed by atoms with E-state index in [-0.39, 0.29) is 5.41 Å². The molecule has 0 heteroatoms. The van der Waals surface area contributed by atoms with Gasteiger partial charge in [-0.05, 0) is 29.7 Å². The fourth-order valence-corrected chi connectivity index (χ4v) is 2.50. The van der Waals surface area contributed by atoms with Gasteiger partial charge in [0.1, 0.15) is 0 Å². The first-order valence-corrected chi connectivity index (χ1v) is 6.86. The zero-order chi connectivity index (χ0) is 12.7. The number of hydrogen-bond acceptors (Lipinski definition) is 0. The molecule has 94 valence electrons. The Balaban J connectivity index is 2.99. The molecular weight excluding hydrogens is 204 g/mol. The van der Waals surface area contributed by atoms with Gasteiger partial charge in [0, 0.05) is 0 Å². The average Bonchev–Trinajstić information content (AvgIpc) is 2.40. The smallest absolute Gasteiger partial charge is 0.00736 e. The summed E-state index contributed by atoms with van der Waals surface area (Å²) in [7, 11) is 0. The second-order valence-electron chi connectivity index (χ2n) is 5.17. The minimum absolute atomic E-state index is 0.219. The van der Waals surface area contributed by atoms with E-state index in [0.717, 1.165) is 6.42 Å². The summed E-state index contributed by atoms with van der Waals surface area (Å²) in [6.07, 6.45) is 7.13. The molecule has 0 unspecified atom stereocenters. The Labute approximate surface area is 107 Å². The van der Waals surface area contributed by atoms with Gasteiger partial charge < -0.3 is 0 Å². The summed E-state index contributed by atoms with van der Waals surface area (Å²) in [5, 5.41) is 0. The number of rotatable bonds is 7. The van der Waals surface area contributed by atoms with Crippen LogP contribution in [0.2, 0.25) is 0 Å². The van der Waals surface area contributed by atoms with Gasteiger partial charge in [0.05, 0.1) is 0 Å². The zero-order valence-corrected chi connectivity index (χ0v) is 11.6. The molecule has 0 fully saturated rings. The minimum atomic E-state index is 0.219. The summed E-state index contributed by atoms with van der Waals surface area (Å²) in [5.41, 5.74) is 1.68. The Bertz CT molecular complexity index is 325. The van der Waals surface area contributed by atoms with Crippen molar-refractivity contribution in [3.05, 3.63) is 48.6 Å². The monoisotopic (exact) mass is 230 g/mol. The normalized spacial score (nSPS) is 16.2. The molecule has 0 amide bonds. The van der Waals surface area contributed by atoms with Crippen LogP contribution in [0.4, 0.5) is 0 Å². The first-order valence-electron chi connectivity index (χ1n) is 6.86. The Morgan fingerprint density at radius 1 is 1.24 bits per heavy atom. The highest BCUT2D eigenvalue weighted by Crippen LogP contribution is 2.42. The van der Waals surface area contributed by atoms with Crippen LogP contribution in [0.1, 0.15) is 57.9 Å². The van der Waals surface area contributed by atoms with Crippen molar-refractivity contribution in [3.8, 4) is 0 Å². The lowest BCUT2D eigenvalue weighted by Gasteiger charge is -2.35. The summed E-state index contributed by atoms with van der Waals surface area (Å²) in [4.78, 5) is 0. The van der Waals surface area contributed by atoms with E-state index in [2.05, 4.69) is 63.8 Å². The summed E-state index contributed by atoms with van der Waals surface area (Å²) in [6.45, 7) is 10.9. The molecule has 0 saturated heterocycles. The van der Waals surface area contributed by atoms with Gasteiger partial charge in [0.25, 0.3) is 0 Å². The fourth-order valence-electron chi connectivity index (χ4n) is 2.50. The van der Waals surface area contributed by atoms with Crippen LogP contribution in [0.25, 0.3) is 0 Å². The van der Waals surface area contributed by atoms with Crippen LogP contribution in [0, 0.1) is 5.41 Å². The Kier molecular flexibility index (Phi) is 5.47. The Hall–Kier alpha value is -1.04. The SMILES string of the molecule is C=C[C@](C)(CC)[C@H](CCCC)c1ccccc1. The van der Waals surface area contributed by atoms with Gasteiger partial charge in [-0.1, -0.05) is 70.0 Å². The van der Waals surface area contributed by atoms with Crippen molar-refractivity contribution in [1.29, 1.82) is 0 Å². The van der Waals surface area contributed by atoms with E-state index in [1.54, 1.807) is 0 Å². The van der Waals surface area contributed by atoms with E-state index in [1.807, 2.05) is 0 Å². The van der Waals surface area contributed by atoms with Gasteiger partial charge in [-0.2, -0.15) is 0 Å². The number of hydrogen-bond donors (Lipinski definition) is 0. The summed E-state index contributed by atoms with van der Waals surface area (Å²) in [5.74, 6) is 0.603. The number of benzene rings is 1. The quantitative estimate of drug-likeness (QED) is 0.538. The van der Waals surface area contributed by atoms with Crippen molar-refractivity contribution in [2.75, 3.05) is 0 Å². The minimum Gasteiger partial charge on any atom is -0.103 e. The van der Waals surface area contributed by atoms with E-state index >= 15 is 0 Å². The molecule has 1 rings (SSSR count). The maximum atomic E-state index is 4.06. The maximum absolute atomic E-state index is 4.06. The molecule has 0 aliphatic heterocycles. The van der Waals surface area contributed by atoms with Crippen LogP contribution in [0.3, 0.4) is 0 Å². The van der Waals surface area contributed by atoms with E-state index < -0.39 is 0 Å². The molecule has 0 aliphatic carbocycles. The standard InChI is InChI=1S/C17H26/c1-5-8-14-16(17(4,6-2)7-3)15-12-10-9-11-13-15/h6,9-13,16H,2,5,7-8,14H2,1,3-4H3/t16-,17-/m1/s1. The highest BCUT2D eigenvalue weighted by atomic mass is 14.3. The summed E-state index contributed by atoms with van der Waals surface area (Å²) < 4.78 is 0. The van der Waals surface area contributed by atoms with E-state index in [0.29, 0.717) is 5.92 Å². The zero-order valence-electron chi connectivity index (χ0n) is 11.6. The third-order valence-electron chi connectivity index (χ3n) is 4.07. The van der Waals surface area contributed by atoms with Crippen molar-refractivity contribution < 1.29 is 0 Å². The number of allylic oxidation sites excluding steroid dienone is 1. The average molecular weight is 230 g/mol. The second kappa shape index (κ2) is 6.64. The Morgan fingerprint density at radius 2 is 1.88 bits per heavy atom. The Morgan fingerprint density at radius 3 is 2.35 bits per heavy atom. The molecule has 0 aliphatic rings. The van der Waals surface area contributed by atoms with Gasteiger partial charge in [0.2, 0.25) is 0 Å². The van der Waals surface area contributed by atoms with Gasteiger partial charge in [-0.3, -0.25) is 0 Å². The first kappa shape index (κ1) is 14.0. The molecule has 0 heterocycles. The number of unbranched alkanes of at least 4 members (excludes halogenated alkanes) is 1. The van der Waals surface area contributed by atoms with Gasteiger partial charge in [-0.25, -0.2) is 0 Å². The summed E-state index contributed by atoms with van der Waals surface area (Å²) in [6, 6.07) is 10.9. The summed E-state index contributed by atoms with van der Waals surface area (Å²) >= 11 is 0. The molecule has 1 aromatic carbocycles. The molecule has 17 heavy (non-hydrogen) atoms. The van der Waals surface area contributed by atoms with E-state index in [4.69, 9.17) is 0 Å². The molecule has 0 N–H and O–H groups in total. The van der Waals surface area contributed by atoms with Crippen LogP contribution >= 0.6 is 0 Å². The molecule has 0 aromatic heterocycles. The lowest BCUT2D eigenvalue weighted by atomic mass is 9.69. The molecule has 1 aromatic rings. The third-order valence-corrected chi connectivity index (χ3v) is 4.07. The van der Waals surface area contributed by atoms with Crippen LogP contribution < -0.4 is 0 Å². The van der Waals surface area contributed by atoms with Crippen LogP contribution in [-0.2, 0) is 0 Å². The van der Waals surface area contributed by atoms with Crippen molar-refractivity contribution >= 4 is 0 Å². The van der Waals surface area contributed by atoms with Crippen molar-refractivity contribution in [2.24, 2.45) is 5.41 Å². The van der Waals surface area contributed by atoms with E-state index in [1.165, 1.54) is 24.8 Å². The van der Waals surface area contributed by atoms with Gasteiger partial charge >= 0.3 is 0 Å². The fraction of sp³-hybridized carbons (Fsp3) is 0.529. The molecule has 0 saturated carbocycles. The molecule has 0 spiro atoms. The van der Waals surface area contributed by atoms with Gasteiger partial charge in [-0.15, -0.1) is 6.58 Å². The molecule has 2 atom stereocenters. The largest absolute Gasteiger partial charge is 0.103 e. The first-order chi connectivity index (χ1) is 8.18. The topological polar surface area (TPSA) is 0 Å². The predicted molar refractivity (Wildman–Crippen MR) is 77.3 cm³/mol. The van der Waals surface area contributed by atoms with Crippen molar-refractivity contribution in [2.45, 2.75) is 52.4 Å². The predicted octanol–water partition coefficient (Wildman–Crippen LogP) is 5.56. The van der Waals surface area contributed by atoms with Crippen molar-refractivity contribution in [1.82, 2.24) is 0 Å². The molecule has 0 bridgehead atoms. The van der Waals surface area contributed by atoms with Crippen LogP contribution in [0.5, 0.6) is 0 Å². The second-order valence-corrected chi connectivity index (χ2v) is 5.17. The van der Waals surface area contributed by atoms with Gasteiger partial charge in [0.15, 0.2) is 0 Å². The van der Waals surface area contributed by atoms with Crippen molar-refractivity contribution in [3.63, 3.8) is 0 Å². The van der Waals surface area contributed by atoms with E-state index in [9.17, 15) is 0 Å². The molecule has 0 nitrogen and oxygen atoms in total. The van der Waals surface area contributed by atoms with Crippen LogP contribution in [0.15, 0.2) is 43.0 Å². The highest BCUT2D eigenvalue weighted by molar-refractivity contribution is 5.23. The molecular formula is C17H26. The highest BCUT2D eigenvalue weighted by Gasteiger charge is 2.30.